The number of fused-ring (bicyclic) bond motifs is 2. The minimum atomic E-state index is 0.0356. The third-order valence-corrected chi connectivity index (χ3v) is 4.07. The summed E-state index contributed by atoms with van der Waals surface area (Å²) in [7, 11) is 0. The Kier molecular flexibility index (Phi) is 2.22. The molecule has 0 aliphatic heterocycles. The molecule has 0 aromatic rings. The summed E-state index contributed by atoms with van der Waals surface area (Å²) in [4.78, 5) is 0. The van der Waals surface area contributed by atoms with E-state index in [0.717, 1.165) is 5.03 Å². The Morgan fingerprint density at radius 2 is 2.25 bits per heavy atom. The average Bonchev–Trinajstić information content (AvgIpc) is 2.41. The van der Waals surface area contributed by atoms with Crippen LogP contribution < -0.4 is 0 Å². The maximum absolute atomic E-state index is 6.19. The van der Waals surface area contributed by atoms with Crippen LogP contribution in [0.2, 0.25) is 0 Å². The average molecular weight is 203 g/mol. The highest BCUT2D eigenvalue weighted by atomic mass is 35.5. The van der Waals surface area contributed by atoms with E-state index < -0.39 is 0 Å². The van der Waals surface area contributed by atoms with Gasteiger partial charge in [-0.25, -0.2) is 0 Å². The number of alkyl halides is 1. The predicted octanol–water partition coefficient (Wildman–Crippen LogP) is 3.56. The third-order valence-electron chi connectivity index (χ3n) is 3.04. The first kappa shape index (κ1) is 8.65. The lowest BCUT2D eigenvalue weighted by molar-refractivity contribution is 0.459. The first-order valence-corrected chi connectivity index (χ1v) is 5.17. The first-order valence-electron chi connectivity index (χ1n) is 4.36. The number of halogens is 2. The predicted molar refractivity (Wildman–Crippen MR) is 53.5 cm³/mol. The van der Waals surface area contributed by atoms with Crippen LogP contribution in [0.1, 0.15) is 12.8 Å². The van der Waals surface area contributed by atoms with Crippen molar-refractivity contribution in [3.05, 3.63) is 23.8 Å². The molecule has 0 aromatic heterocycles. The molecule has 2 aliphatic carbocycles. The zero-order valence-electron chi connectivity index (χ0n) is 6.84. The SMILES string of the molecule is C=C[C@@H]1C[C@H]2C=C(Cl)[C@H](Cl)[C@@H]1C2. The molecule has 66 valence electrons. The lowest BCUT2D eigenvalue weighted by Gasteiger charge is -2.23. The third kappa shape index (κ3) is 1.22. The van der Waals surface area contributed by atoms with E-state index in [-0.39, 0.29) is 5.38 Å². The largest absolute Gasteiger partial charge is 0.117 e. The fourth-order valence-electron chi connectivity index (χ4n) is 2.41. The summed E-state index contributed by atoms with van der Waals surface area (Å²) >= 11 is 12.2. The van der Waals surface area contributed by atoms with Crippen molar-refractivity contribution >= 4 is 23.2 Å². The molecule has 2 aliphatic rings. The number of rotatable bonds is 1. The first-order chi connectivity index (χ1) is 5.72. The lowest BCUT2D eigenvalue weighted by atomic mass is 9.90. The Morgan fingerprint density at radius 3 is 2.92 bits per heavy atom. The zero-order chi connectivity index (χ0) is 8.72. The van der Waals surface area contributed by atoms with E-state index in [2.05, 4.69) is 12.7 Å². The van der Waals surface area contributed by atoms with Crippen LogP contribution in [-0.4, -0.2) is 5.38 Å². The van der Waals surface area contributed by atoms with Crippen molar-refractivity contribution in [3.8, 4) is 0 Å². The van der Waals surface area contributed by atoms with Gasteiger partial charge in [0.25, 0.3) is 0 Å². The molecule has 0 aromatic carbocycles. The topological polar surface area (TPSA) is 0 Å². The monoisotopic (exact) mass is 202 g/mol. The highest BCUT2D eigenvalue weighted by molar-refractivity contribution is 6.37. The van der Waals surface area contributed by atoms with Crippen molar-refractivity contribution in [1.29, 1.82) is 0 Å². The van der Waals surface area contributed by atoms with E-state index >= 15 is 0 Å². The lowest BCUT2D eigenvalue weighted by Crippen LogP contribution is -2.20. The highest BCUT2D eigenvalue weighted by Gasteiger charge is 2.40. The van der Waals surface area contributed by atoms with E-state index in [1.54, 1.807) is 0 Å². The van der Waals surface area contributed by atoms with Gasteiger partial charge in [0.1, 0.15) is 0 Å². The van der Waals surface area contributed by atoms with Crippen molar-refractivity contribution in [3.63, 3.8) is 0 Å². The van der Waals surface area contributed by atoms with Crippen LogP contribution in [0.3, 0.4) is 0 Å². The smallest absolute Gasteiger partial charge is 0.0723 e. The maximum Gasteiger partial charge on any atom is 0.0723 e. The fourth-order valence-corrected chi connectivity index (χ4v) is 3.11. The Morgan fingerprint density at radius 1 is 1.50 bits per heavy atom. The van der Waals surface area contributed by atoms with Crippen molar-refractivity contribution in [2.24, 2.45) is 17.8 Å². The molecule has 0 nitrogen and oxygen atoms in total. The summed E-state index contributed by atoms with van der Waals surface area (Å²) in [5, 5.41) is 0.885. The molecule has 0 N–H and O–H groups in total. The van der Waals surface area contributed by atoms with Gasteiger partial charge in [-0.05, 0) is 30.6 Å². The highest BCUT2D eigenvalue weighted by Crippen LogP contribution is 2.48. The van der Waals surface area contributed by atoms with Gasteiger partial charge >= 0.3 is 0 Å². The van der Waals surface area contributed by atoms with E-state index in [1.165, 1.54) is 12.8 Å². The zero-order valence-corrected chi connectivity index (χ0v) is 8.35. The van der Waals surface area contributed by atoms with Gasteiger partial charge in [-0.2, -0.15) is 0 Å². The molecule has 12 heavy (non-hydrogen) atoms. The maximum atomic E-state index is 6.19. The van der Waals surface area contributed by atoms with Gasteiger partial charge < -0.3 is 0 Å². The minimum Gasteiger partial charge on any atom is -0.117 e. The number of hydrogen-bond donors (Lipinski definition) is 0. The van der Waals surface area contributed by atoms with Crippen LogP contribution in [-0.2, 0) is 0 Å². The summed E-state index contributed by atoms with van der Waals surface area (Å²) in [5.41, 5.74) is 0. The van der Waals surface area contributed by atoms with Gasteiger partial charge in [-0.15, -0.1) is 18.2 Å². The van der Waals surface area contributed by atoms with Gasteiger partial charge in [0.05, 0.1) is 5.38 Å². The van der Waals surface area contributed by atoms with E-state index in [9.17, 15) is 0 Å². The Balaban J connectivity index is 2.25. The summed E-state index contributed by atoms with van der Waals surface area (Å²) in [6.45, 7) is 3.84. The van der Waals surface area contributed by atoms with Crippen LogP contribution in [0.15, 0.2) is 23.8 Å². The second kappa shape index (κ2) is 3.08. The van der Waals surface area contributed by atoms with Crippen molar-refractivity contribution in [2.45, 2.75) is 18.2 Å². The summed E-state index contributed by atoms with van der Waals surface area (Å²) in [6, 6.07) is 0. The molecule has 0 saturated heterocycles. The van der Waals surface area contributed by atoms with E-state index in [0.29, 0.717) is 17.8 Å². The molecule has 1 fully saturated rings. The normalized spacial score (nSPS) is 45.7. The van der Waals surface area contributed by atoms with Gasteiger partial charge in [-0.1, -0.05) is 23.8 Å². The summed E-state index contributed by atoms with van der Waals surface area (Å²) in [6.07, 6.45) is 6.54. The van der Waals surface area contributed by atoms with Gasteiger partial charge in [-0.3, -0.25) is 0 Å². The molecule has 0 amide bonds. The van der Waals surface area contributed by atoms with Crippen LogP contribution >= 0.6 is 23.2 Å². The fraction of sp³-hybridized carbons (Fsp3) is 0.600. The van der Waals surface area contributed by atoms with Crippen LogP contribution in [0.25, 0.3) is 0 Å². The van der Waals surface area contributed by atoms with Gasteiger partial charge in [0, 0.05) is 5.03 Å². The minimum absolute atomic E-state index is 0.0356. The van der Waals surface area contributed by atoms with Crippen LogP contribution in [0.5, 0.6) is 0 Å². The van der Waals surface area contributed by atoms with Crippen LogP contribution in [0, 0.1) is 17.8 Å². The molecule has 1 saturated carbocycles. The molecule has 0 radical (unpaired) electrons. The van der Waals surface area contributed by atoms with E-state index in [4.69, 9.17) is 23.2 Å². The molecule has 0 spiro atoms. The van der Waals surface area contributed by atoms with Gasteiger partial charge in [0.15, 0.2) is 0 Å². The second-order valence-corrected chi connectivity index (χ2v) is 4.65. The summed E-state index contributed by atoms with van der Waals surface area (Å²) < 4.78 is 0. The Bertz CT molecular complexity index is 232. The van der Waals surface area contributed by atoms with Crippen LogP contribution in [0.4, 0.5) is 0 Å². The molecule has 2 rings (SSSR count). The van der Waals surface area contributed by atoms with Gasteiger partial charge in [0.2, 0.25) is 0 Å². The number of hydrogen-bond acceptors (Lipinski definition) is 0. The molecule has 0 heterocycles. The molecule has 2 bridgehead atoms. The molecule has 4 atom stereocenters. The van der Waals surface area contributed by atoms with Crippen molar-refractivity contribution in [1.82, 2.24) is 0 Å². The van der Waals surface area contributed by atoms with Crippen molar-refractivity contribution < 1.29 is 0 Å². The van der Waals surface area contributed by atoms with E-state index in [1.807, 2.05) is 6.08 Å². The standard InChI is InChI=1S/C10H12Cl2/c1-2-7-3-6-4-8(7)10(12)9(11)5-6/h2,5-8,10H,1,3-4H2/t6-,7-,8-,10-/m1/s1. The molecular formula is C10H12Cl2. The Hall–Kier alpha value is 0.0600. The second-order valence-electron chi connectivity index (χ2n) is 3.75. The molecule has 2 heteroatoms. The Labute approximate surface area is 83.2 Å². The summed E-state index contributed by atoms with van der Waals surface area (Å²) in [5.74, 6) is 1.76. The molecule has 0 unspecified atom stereocenters. The van der Waals surface area contributed by atoms with Crippen molar-refractivity contribution in [2.75, 3.05) is 0 Å². The quantitative estimate of drug-likeness (QED) is 0.451. The number of allylic oxidation sites excluding steroid dienone is 3. The molecular weight excluding hydrogens is 191 g/mol.